The van der Waals surface area contributed by atoms with Gasteiger partial charge in [0.15, 0.2) is 0 Å². The van der Waals surface area contributed by atoms with Gasteiger partial charge >= 0.3 is 0 Å². The van der Waals surface area contributed by atoms with Crippen LogP contribution in [0.3, 0.4) is 0 Å². The van der Waals surface area contributed by atoms with Crippen molar-refractivity contribution < 1.29 is 9.90 Å². The van der Waals surface area contributed by atoms with Crippen LogP contribution in [0, 0.1) is 11.8 Å². The van der Waals surface area contributed by atoms with Crippen molar-refractivity contribution in [2.24, 2.45) is 11.8 Å². The van der Waals surface area contributed by atoms with E-state index in [1.165, 1.54) is 19.3 Å². The Bertz CT molecular complexity index is 446. The fraction of sp³-hybridized carbons (Fsp3) is 0.533. The first kappa shape index (κ1) is 11.6. The molecule has 1 aliphatic heterocycles. The van der Waals surface area contributed by atoms with E-state index in [2.05, 4.69) is 0 Å². The number of likely N-dealkylation sites (tertiary alicyclic amines) is 1. The maximum Gasteiger partial charge on any atom is 0.227 e. The maximum atomic E-state index is 12.2. The number of hydrogen-bond donors (Lipinski definition) is 1. The lowest BCUT2D eigenvalue weighted by Gasteiger charge is -2.17. The lowest BCUT2D eigenvalue weighted by Crippen LogP contribution is -2.30. The van der Waals surface area contributed by atoms with Gasteiger partial charge in [-0.05, 0) is 42.4 Å². The first-order chi connectivity index (χ1) is 8.72. The number of nitrogens with zero attached hydrogens (tertiary/aromatic N) is 1. The Hall–Kier alpha value is -1.51. The van der Waals surface area contributed by atoms with E-state index in [4.69, 9.17) is 0 Å². The Labute approximate surface area is 107 Å². The van der Waals surface area contributed by atoms with Crippen molar-refractivity contribution in [3.05, 3.63) is 29.8 Å². The van der Waals surface area contributed by atoms with Gasteiger partial charge in [0, 0.05) is 13.1 Å². The molecule has 3 nitrogen and oxygen atoms in total. The zero-order valence-electron chi connectivity index (χ0n) is 10.5. The predicted molar refractivity (Wildman–Crippen MR) is 69.2 cm³/mol. The Balaban J connectivity index is 1.62. The monoisotopic (exact) mass is 245 g/mol. The van der Waals surface area contributed by atoms with E-state index in [0.717, 1.165) is 30.5 Å². The zero-order chi connectivity index (χ0) is 12.5. The van der Waals surface area contributed by atoms with E-state index in [1.54, 1.807) is 18.2 Å². The van der Waals surface area contributed by atoms with Gasteiger partial charge in [-0.15, -0.1) is 0 Å². The lowest BCUT2D eigenvalue weighted by atomic mass is 10.0. The van der Waals surface area contributed by atoms with Gasteiger partial charge < -0.3 is 10.0 Å². The zero-order valence-corrected chi connectivity index (χ0v) is 10.5. The Morgan fingerprint density at radius 2 is 2.00 bits per heavy atom. The third kappa shape index (κ3) is 2.22. The van der Waals surface area contributed by atoms with E-state index in [0.29, 0.717) is 6.42 Å². The third-order valence-corrected chi connectivity index (χ3v) is 4.34. The lowest BCUT2D eigenvalue weighted by molar-refractivity contribution is -0.129. The minimum atomic E-state index is 0.204. The van der Waals surface area contributed by atoms with Crippen LogP contribution in [0.15, 0.2) is 24.3 Å². The summed E-state index contributed by atoms with van der Waals surface area (Å²) in [5, 5.41) is 9.40. The van der Waals surface area contributed by atoms with Crippen LogP contribution in [-0.2, 0) is 11.2 Å². The van der Waals surface area contributed by atoms with Crippen molar-refractivity contribution in [1.29, 1.82) is 0 Å². The Morgan fingerprint density at radius 3 is 2.67 bits per heavy atom. The highest BCUT2D eigenvalue weighted by molar-refractivity contribution is 5.79. The molecule has 2 unspecified atom stereocenters. The Kier molecular flexibility index (Phi) is 2.98. The average molecular weight is 245 g/mol. The predicted octanol–water partition coefficient (Wildman–Crippen LogP) is 2.19. The number of carbonyl (C=O) groups excluding carboxylic acids is 1. The van der Waals surface area contributed by atoms with Gasteiger partial charge in [0.1, 0.15) is 5.75 Å². The topological polar surface area (TPSA) is 40.5 Å². The molecule has 1 amide bonds. The molecule has 0 radical (unpaired) electrons. The molecule has 2 fully saturated rings. The van der Waals surface area contributed by atoms with Crippen LogP contribution in [0.1, 0.15) is 24.8 Å². The molecule has 2 atom stereocenters. The molecule has 1 N–H and O–H groups in total. The molecule has 2 aliphatic rings. The van der Waals surface area contributed by atoms with Crippen molar-refractivity contribution in [2.75, 3.05) is 13.1 Å². The second-order valence-electron chi connectivity index (χ2n) is 5.60. The number of phenolic OH excluding ortho intramolecular Hbond substituents is 1. The molecule has 3 heteroatoms. The van der Waals surface area contributed by atoms with Gasteiger partial charge in [-0.3, -0.25) is 4.79 Å². The maximum absolute atomic E-state index is 12.2. The average Bonchev–Trinajstić information content (AvgIpc) is 2.88. The van der Waals surface area contributed by atoms with Crippen LogP contribution in [0.4, 0.5) is 0 Å². The van der Waals surface area contributed by atoms with E-state index < -0.39 is 0 Å². The van der Waals surface area contributed by atoms with Crippen molar-refractivity contribution in [3.63, 3.8) is 0 Å². The first-order valence-electron chi connectivity index (χ1n) is 6.78. The number of amides is 1. The second kappa shape index (κ2) is 4.63. The molecule has 1 aromatic carbocycles. The number of hydrogen-bond acceptors (Lipinski definition) is 2. The highest BCUT2D eigenvalue weighted by Gasteiger charge is 2.37. The van der Waals surface area contributed by atoms with Crippen molar-refractivity contribution >= 4 is 5.91 Å². The number of phenols is 1. The molecule has 96 valence electrons. The van der Waals surface area contributed by atoms with Crippen LogP contribution in [0.5, 0.6) is 5.75 Å². The minimum Gasteiger partial charge on any atom is -0.508 e. The van der Waals surface area contributed by atoms with E-state index in [1.807, 2.05) is 11.0 Å². The van der Waals surface area contributed by atoms with Gasteiger partial charge in [-0.25, -0.2) is 0 Å². The number of aromatic hydroxyl groups is 1. The molecule has 1 aliphatic carbocycles. The van der Waals surface area contributed by atoms with E-state index in [9.17, 15) is 9.90 Å². The summed E-state index contributed by atoms with van der Waals surface area (Å²) < 4.78 is 0. The van der Waals surface area contributed by atoms with Crippen LogP contribution in [0.2, 0.25) is 0 Å². The molecule has 0 bridgehead atoms. The van der Waals surface area contributed by atoms with Gasteiger partial charge in [0.2, 0.25) is 5.91 Å². The summed E-state index contributed by atoms with van der Waals surface area (Å²) in [5.74, 6) is 1.94. The summed E-state index contributed by atoms with van der Waals surface area (Å²) in [7, 11) is 0. The second-order valence-corrected chi connectivity index (χ2v) is 5.60. The van der Waals surface area contributed by atoms with Gasteiger partial charge in [0.25, 0.3) is 0 Å². The highest BCUT2D eigenvalue weighted by Crippen LogP contribution is 2.37. The summed E-state index contributed by atoms with van der Waals surface area (Å²) >= 11 is 0. The molecule has 1 aromatic rings. The smallest absolute Gasteiger partial charge is 0.227 e. The van der Waals surface area contributed by atoms with Crippen LogP contribution in [-0.4, -0.2) is 29.0 Å². The normalized spacial score (nSPS) is 26.3. The SMILES string of the molecule is O=C(Cc1cccc(O)c1)N1CC2CCCC2C1. The van der Waals surface area contributed by atoms with Crippen LogP contribution < -0.4 is 0 Å². The molecule has 1 saturated heterocycles. The van der Waals surface area contributed by atoms with E-state index in [-0.39, 0.29) is 11.7 Å². The van der Waals surface area contributed by atoms with Crippen LogP contribution >= 0.6 is 0 Å². The summed E-state index contributed by atoms with van der Waals surface area (Å²) in [6, 6.07) is 6.99. The van der Waals surface area contributed by atoms with E-state index >= 15 is 0 Å². The van der Waals surface area contributed by atoms with Gasteiger partial charge in [-0.2, -0.15) is 0 Å². The Morgan fingerprint density at radius 1 is 1.28 bits per heavy atom. The first-order valence-corrected chi connectivity index (χ1v) is 6.78. The van der Waals surface area contributed by atoms with Crippen molar-refractivity contribution in [3.8, 4) is 5.75 Å². The standard InChI is InChI=1S/C15H19NO2/c17-14-6-1-3-11(7-14)8-15(18)16-9-12-4-2-5-13(12)10-16/h1,3,6-7,12-13,17H,2,4-5,8-10H2. The number of rotatable bonds is 2. The van der Waals surface area contributed by atoms with Gasteiger partial charge in [-0.1, -0.05) is 18.6 Å². The summed E-state index contributed by atoms with van der Waals surface area (Å²) in [6.45, 7) is 1.89. The summed E-state index contributed by atoms with van der Waals surface area (Å²) in [5.41, 5.74) is 0.900. The van der Waals surface area contributed by atoms with Gasteiger partial charge in [0.05, 0.1) is 6.42 Å². The fourth-order valence-electron chi connectivity index (χ4n) is 3.39. The summed E-state index contributed by atoms with van der Waals surface area (Å²) in [4.78, 5) is 14.2. The van der Waals surface area contributed by atoms with Crippen LogP contribution in [0.25, 0.3) is 0 Å². The molecular formula is C15H19NO2. The number of fused-ring (bicyclic) bond motifs is 1. The number of carbonyl (C=O) groups is 1. The quantitative estimate of drug-likeness (QED) is 0.867. The third-order valence-electron chi connectivity index (χ3n) is 4.34. The molecule has 0 aromatic heterocycles. The fourth-order valence-corrected chi connectivity index (χ4v) is 3.39. The largest absolute Gasteiger partial charge is 0.508 e. The highest BCUT2D eigenvalue weighted by atomic mass is 16.3. The molecule has 3 rings (SSSR count). The van der Waals surface area contributed by atoms with Crippen molar-refractivity contribution in [1.82, 2.24) is 4.90 Å². The number of benzene rings is 1. The molecule has 1 heterocycles. The van der Waals surface area contributed by atoms with Crippen molar-refractivity contribution in [2.45, 2.75) is 25.7 Å². The summed E-state index contributed by atoms with van der Waals surface area (Å²) in [6.07, 6.45) is 4.33. The molecule has 1 saturated carbocycles. The molecular weight excluding hydrogens is 226 g/mol. The minimum absolute atomic E-state index is 0.204. The molecule has 18 heavy (non-hydrogen) atoms. The molecule has 0 spiro atoms.